The van der Waals surface area contributed by atoms with E-state index >= 15 is 0 Å². The van der Waals surface area contributed by atoms with Gasteiger partial charge in [-0.2, -0.15) is 0 Å². The summed E-state index contributed by atoms with van der Waals surface area (Å²) in [5.41, 5.74) is 1.16. The third-order valence-corrected chi connectivity index (χ3v) is 4.66. The summed E-state index contributed by atoms with van der Waals surface area (Å²) in [6.07, 6.45) is 2.56. The van der Waals surface area contributed by atoms with E-state index in [0.29, 0.717) is 6.04 Å². The zero-order valence-corrected chi connectivity index (χ0v) is 14.7. The van der Waals surface area contributed by atoms with Crippen molar-refractivity contribution in [2.45, 2.75) is 32.4 Å². The van der Waals surface area contributed by atoms with Gasteiger partial charge in [-0.1, -0.05) is 6.92 Å². The highest BCUT2D eigenvalue weighted by molar-refractivity contribution is 9.10. The zero-order valence-electron chi connectivity index (χ0n) is 13.1. The topological polar surface area (TPSA) is 33.7 Å². The van der Waals surface area contributed by atoms with Crippen LogP contribution in [0.1, 0.15) is 25.3 Å². The Balaban J connectivity index is 2.11. The molecule has 21 heavy (non-hydrogen) atoms. The number of ether oxygens (including phenoxy) is 2. The van der Waals surface area contributed by atoms with E-state index in [4.69, 9.17) is 9.47 Å². The number of hydrogen-bond donors (Lipinski definition) is 1. The Hall–Kier alpha value is -0.780. The lowest BCUT2D eigenvalue weighted by Crippen LogP contribution is -2.37. The van der Waals surface area contributed by atoms with Crippen LogP contribution in [0, 0.1) is 0 Å². The second kappa shape index (κ2) is 8.01. The molecule has 0 aliphatic carbocycles. The number of likely N-dealkylation sites (N-methyl/N-ethyl adjacent to an activating group) is 1. The monoisotopic (exact) mass is 356 g/mol. The standard InChI is InChI=1S/C16H25BrN2O2/c1-4-19(11-13-6-5-7-18-13)10-12-8-16(21-3)14(17)9-15(12)20-2/h8-9,13,18H,4-7,10-11H2,1-3H3. The molecule has 1 fully saturated rings. The van der Waals surface area contributed by atoms with Crippen molar-refractivity contribution in [1.29, 1.82) is 0 Å². The number of rotatable bonds is 7. The van der Waals surface area contributed by atoms with Crippen molar-refractivity contribution in [1.82, 2.24) is 10.2 Å². The second-order valence-electron chi connectivity index (χ2n) is 5.42. The average molecular weight is 357 g/mol. The maximum Gasteiger partial charge on any atom is 0.133 e. The van der Waals surface area contributed by atoms with Gasteiger partial charge in [0.2, 0.25) is 0 Å². The van der Waals surface area contributed by atoms with Crippen LogP contribution in [-0.2, 0) is 6.54 Å². The minimum atomic E-state index is 0.619. The molecule has 1 aromatic rings. The third kappa shape index (κ3) is 4.34. The minimum absolute atomic E-state index is 0.619. The van der Waals surface area contributed by atoms with E-state index in [-0.39, 0.29) is 0 Å². The Morgan fingerprint density at radius 2 is 2.05 bits per heavy atom. The predicted molar refractivity (Wildman–Crippen MR) is 89.2 cm³/mol. The van der Waals surface area contributed by atoms with E-state index in [0.717, 1.165) is 47.7 Å². The number of halogens is 1. The van der Waals surface area contributed by atoms with Crippen molar-refractivity contribution in [3.8, 4) is 11.5 Å². The molecule has 1 aromatic carbocycles. The first kappa shape index (κ1) is 16.6. The predicted octanol–water partition coefficient (Wildman–Crippen LogP) is 3.04. The van der Waals surface area contributed by atoms with Crippen molar-refractivity contribution in [3.05, 3.63) is 22.2 Å². The maximum absolute atomic E-state index is 5.51. The molecule has 0 spiro atoms. The van der Waals surface area contributed by atoms with Crippen LogP contribution in [0.2, 0.25) is 0 Å². The van der Waals surface area contributed by atoms with Gasteiger partial charge in [0.05, 0.1) is 18.7 Å². The number of benzene rings is 1. The van der Waals surface area contributed by atoms with Crippen molar-refractivity contribution in [2.75, 3.05) is 33.9 Å². The van der Waals surface area contributed by atoms with Gasteiger partial charge in [0, 0.05) is 24.7 Å². The zero-order chi connectivity index (χ0) is 15.2. The molecule has 1 aliphatic rings. The van der Waals surface area contributed by atoms with Crippen LogP contribution in [0.15, 0.2) is 16.6 Å². The summed E-state index contributed by atoms with van der Waals surface area (Å²) in [7, 11) is 3.41. The molecule has 0 bridgehead atoms. The highest BCUT2D eigenvalue weighted by atomic mass is 79.9. The van der Waals surface area contributed by atoms with Crippen LogP contribution >= 0.6 is 15.9 Å². The van der Waals surface area contributed by atoms with Crippen molar-refractivity contribution < 1.29 is 9.47 Å². The molecule has 1 saturated heterocycles. The number of nitrogens with zero attached hydrogens (tertiary/aromatic N) is 1. The van der Waals surface area contributed by atoms with Gasteiger partial charge < -0.3 is 14.8 Å². The van der Waals surface area contributed by atoms with Crippen molar-refractivity contribution in [3.63, 3.8) is 0 Å². The minimum Gasteiger partial charge on any atom is -0.496 e. The fourth-order valence-corrected chi connectivity index (χ4v) is 3.30. The normalized spacial score (nSPS) is 18.2. The van der Waals surface area contributed by atoms with E-state index < -0.39 is 0 Å². The molecule has 1 atom stereocenters. The molecule has 0 aromatic heterocycles. The fourth-order valence-electron chi connectivity index (χ4n) is 2.82. The maximum atomic E-state index is 5.51. The summed E-state index contributed by atoms with van der Waals surface area (Å²) in [4.78, 5) is 2.45. The molecule has 0 amide bonds. The lowest BCUT2D eigenvalue weighted by Gasteiger charge is -2.25. The number of methoxy groups -OCH3 is 2. The molecule has 2 rings (SSSR count). The van der Waals surface area contributed by atoms with Crippen LogP contribution < -0.4 is 14.8 Å². The Kier molecular flexibility index (Phi) is 6.33. The Bertz CT molecular complexity index is 462. The fraction of sp³-hybridized carbons (Fsp3) is 0.625. The number of hydrogen-bond acceptors (Lipinski definition) is 4. The summed E-state index contributed by atoms with van der Waals surface area (Å²) in [5.74, 6) is 1.75. The van der Waals surface area contributed by atoms with E-state index in [1.54, 1.807) is 14.2 Å². The van der Waals surface area contributed by atoms with Gasteiger partial charge in [-0.05, 0) is 54.0 Å². The van der Waals surface area contributed by atoms with E-state index in [1.807, 2.05) is 6.07 Å². The average Bonchev–Trinajstić information content (AvgIpc) is 3.00. The first-order chi connectivity index (χ1) is 10.2. The Morgan fingerprint density at radius 3 is 2.62 bits per heavy atom. The highest BCUT2D eigenvalue weighted by Gasteiger charge is 2.19. The van der Waals surface area contributed by atoms with Crippen molar-refractivity contribution >= 4 is 15.9 Å². The SMILES string of the molecule is CCN(Cc1cc(OC)c(Br)cc1OC)CC1CCCN1. The molecular weight excluding hydrogens is 332 g/mol. The van der Waals surface area contributed by atoms with Gasteiger partial charge >= 0.3 is 0 Å². The van der Waals surface area contributed by atoms with Gasteiger partial charge in [-0.3, -0.25) is 4.90 Å². The quantitative estimate of drug-likeness (QED) is 0.813. The van der Waals surface area contributed by atoms with Crippen LogP contribution in [-0.4, -0.2) is 44.8 Å². The van der Waals surface area contributed by atoms with Gasteiger partial charge in [-0.15, -0.1) is 0 Å². The van der Waals surface area contributed by atoms with Crippen LogP contribution in [0.5, 0.6) is 11.5 Å². The van der Waals surface area contributed by atoms with E-state index in [2.05, 4.69) is 39.1 Å². The van der Waals surface area contributed by atoms with Gasteiger partial charge in [0.25, 0.3) is 0 Å². The molecular formula is C16H25BrN2O2. The summed E-state index contributed by atoms with van der Waals surface area (Å²) in [6, 6.07) is 4.66. The molecule has 1 aliphatic heterocycles. The summed E-state index contributed by atoms with van der Waals surface area (Å²) >= 11 is 3.51. The third-order valence-electron chi connectivity index (χ3n) is 4.04. The summed E-state index contributed by atoms with van der Waals surface area (Å²) < 4.78 is 11.8. The van der Waals surface area contributed by atoms with Crippen LogP contribution in [0.4, 0.5) is 0 Å². The van der Waals surface area contributed by atoms with Gasteiger partial charge in [-0.25, -0.2) is 0 Å². The van der Waals surface area contributed by atoms with Crippen molar-refractivity contribution in [2.24, 2.45) is 0 Å². The largest absolute Gasteiger partial charge is 0.496 e. The lowest BCUT2D eigenvalue weighted by atomic mass is 10.1. The van der Waals surface area contributed by atoms with E-state index in [9.17, 15) is 0 Å². The van der Waals surface area contributed by atoms with Crippen LogP contribution in [0.25, 0.3) is 0 Å². The molecule has 118 valence electrons. The van der Waals surface area contributed by atoms with Gasteiger partial charge in [0.1, 0.15) is 11.5 Å². The molecule has 1 heterocycles. The molecule has 0 radical (unpaired) electrons. The first-order valence-electron chi connectivity index (χ1n) is 7.54. The molecule has 0 saturated carbocycles. The van der Waals surface area contributed by atoms with E-state index in [1.165, 1.54) is 12.8 Å². The molecule has 4 nitrogen and oxygen atoms in total. The smallest absolute Gasteiger partial charge is 0.133 e. The summed E-state index contributed by atoms with van der Waals surface area (Å²) in [5, 5.41) is 3.56. The Morgan fingerprint density at radius 1 is 1.29 bits per heavy atom. The van der Waals surface area contributed by atoms with Gasteiger partial charge in [0.15, 0.2) is 0 Å². The second-order valence-corrected chi connectivity index (χ2v) is 6.27. The summed E-state index contributed by atoms with van der Waals surface area (Å²) in [6.45, 7) is 6.34. The lowest BCUT2D eigenvalue weighted by molar-refractivity contribution is 0.249. The number of nitrogens with one attached hydrogen (secondary N) is 1. The first-order valence-corrected chi connectivity index (χ1v) is 8.33. The Labute approximate surface area is 135 Å². The molecule has 1 N–H and O–H groups in total. The van der Waals surface area contributed by atoms with Crippen LogP contribution in [0.3, 0.4) is 0 Å². The molecule has 5 heteroatoms. The molecule has 1 unspecified atom stereocenters. The highest BCUT2D eigenvalue weighted by Crippen LogP contribution is 2.33.